The van der Waals surface area contributed by atoms with Gasteiger partial charge in [-0.3, -0.25) is 14.3 Å². The Bertz CT molecular complexity index is 466. The SMILES string of the molecule is NCCn1cc(C(=O)NCC(=O)N2CCCCC2)nn1. The number of carbonyl (C=O) groups excluding carboxylic acids is 2. The molecule has 0 unspecified atom stereocenters. The zero-order valence-electron chi connectivity index (χ0n) is 11.4. The first-order chi connectivity index (χ1) is 9.70. The Labute approximate surface area is 117 Å². The molecule has 2 heterocycles. The highest BCUT2D eigenvalue weighted by atomic mass is 16.2. The Morgan fingerprint density at radius 3 is 2.75 bits per heavy atom. The molecule has 1 aromatic rings. The van der Waals surface area contributed by atoms with E-state index in [1.807, 2.05) is 0 Å². The quantitative estimate of drug-likeness (QED) is 0.718. The Morgan fingerprint density at radius 2 is 2.05 bits per heavy atom. The number of nitrogens with two attached hydrogens (primary N) is 1. The third-order valence-electron chi connectivity index (χ3n) is 3.24. The van der Waals surface area contributed by atoms with Gasteiger partial charge in [0.1, 0.15) is 0 Å². The molecule has 1 aromatic heterocycles. The first kappa shape index (κ1) is 14.4. The smallest absolute Gasteiger partial charge is 0.273 e. The molecule has 8 nitrogen and oxygen atoms in total. The van der Waals surface area contributed by atoms with Gasteiger partial charge in [0.25, 0.3) is 5.91 Å². The molecular formula is C12H20N6O2. The van der Waals surface area contributed by atoms with E-state index in [-0.39, 0.29) is 18.1 Å². The van der Waals surface area contributed by atoms with Crippen molar-refractivity contribution in [2.24, 2.45) is 5.73 Å². The minimum Gasteiger partial charge on any atom is -0.342 e. The van der Waals surface area contributed by atoms with Gasteiger partial charge in [0.05, 0.1) is 19.3 Å². The zero-order valence-corrected chi connectivity index (χ0v) is 11.4. The van der Waals surface area contributed by atoms with Crippen molar-refractivity contribution in [3.8, 4) is 0 Å². The molecule has 2 rings (SSSR count). The molecule has 0 spiro atoms. The number of carbonyl (C=O) groups is 2. The van der Waals surface area contributed by atoms with Crippen LogP contribution in [-0.2, 0) is 11.3 Å². The minimum absolute atomic E-state index is 0.00256. The van der Waals surface area contributed by atoms with Gasteiger partial charge in [-0.05, 0) is 19.3 Å². The summed E-state index contributed by atoms with van der Waals surface area (Å²) >= 11 is 0. The zero-order chi connectivity index (χ0) is 14.4. The first-order valence-electron chi connectivity index (χ1n) is 6.87. The lowest BCUT2D eigenvalue weighted by Gasteiger charge is -2.26. The summed E-state index contributed by atoms with van der Waals surface area (Å²) in [6.07, 6.45) is 4.76. The van der Waals surface area contributed by atoms with Crippen molar-refractivity contribution in [3.63, 3.8) is 0 Å². The van der Waals surface area contributed by atoms with Gasteiger partial charge in [-0.15, -0.1) is 5.10 Å². The van der Waals surface area contributed by atoms with E-state index in [0.29, 0.717) is 13.1 Å². The molecule has 1 aliphatic rings. The molecule has 0 bridgehead atoms. The molecule has 0 radical (unpaired) electrons. The molecular weight excluding hydrogens is 260 g/mol. The van der Waals surface area contributed by atoms with Crippen LogP contribution in [0.3, 0.4) is 0 Å². The van der Waals surface area contributed by atoms with E-state index in [9.17, 15) is 9.59 Å². The second kappa shape index (κ2) is 6.99. The third kappa shape index (κ3) is 3.77. The Balaban J connectivity index is 1.80. The number of nitrogens with zero attached hydrogens (tertiary/aromatic N) is 4. The third-order valence-corrected chi connectivity index (χ3v) is 3.24. The monoisotopic (exact) mass is 280 g/mol. The van der Waals surface area contributed by atoms with Crippen LogP contribution in [0.15, 0.2) is 6.20 Å². The minimum atomic E-state index is -0.390. The lowest BCUT2D eigenvalue weighted by molar-refractivity contribution is -0.130. The average molecular weight is 280 g/mol. The van der Waals surface area contributed by atoms with Gasteiger partial charge in [-0.25, -0.2) is 0 Å². The maximum atomic E-state index is 11.9. The van der Waals surface area contributed by atoms with Crippen LogP contribution in [0.25, 0.3) is 0 Å². The highest BCUT2D eigenvalue weighted by Gasteiger charge is 2.18. The van der Waals surface area contributed by atoms with Crippen LogP contribution in [0.1, 0.15) is 29.8 Å². The molecule has 0 aromatic carbocycles. The molecule has 1 fully saturated rings. The van der Waals surface area contributed by atoms with Crippen LogP contribution in [0, 0.1) is 0 Å². The summed E-state index contributed by atoms with van der Waals surface area (Å²) in [5.41, 5.74) is 5.59. The first-order valence-corrected chi connectivity index (χ1v) is 6.87. The molecule has 0 saturated carbocycles. The van der Waals surface area contributed by atoms with Gasteiger partial charge in [-0.1, -0.05) is 5.21 Å². The number of likely N-dealkylation sites (tertiary alicyclic amines) is 1. The maximum absolute atomic E-state index is 11.9. The van der Waals surface area contributed by atoms with E-state index in [4.69, 9.17) is 5.73 Å². The van der Waals surface area contributed by atoms with Crippen LogP contribution in [0.5, 0.6) is 0 Å². The lowest BCUT2D eigenvalue weighted by Crippen LogP contribution is -2.42. The molecule has 8 heteroatoms. The fourth-order valence-corrected chi connectivity index (χ4v) is 2.15. The molecule has 1 aliphatic heterocycles. The fraction of sp³-hybridized carbons (Fsp3) is 0.667. The van der Waals surface area contributed by atoms with E-state index in [0.717, 1.165) is 25.9 Å². The summed E-state index contributed by atoms with van der Waals surface area (Å²) in [6.45, 7) is 2.50. The van der Waals surface area contributed by atoms with Crippen LogP contribution in [0.4, 0.5) is 0 Å². The summed E-state index contributed by atoms with van der Waals surface area (Å²) in [5.74, 6) is -0.439. The predicted octanol–water partition coefficient (Wildman–Crippen LogP) is -1.02. The molecule has 0 atom stereocenters. The second-order valence-electron chi connectivity index (χ2n) is 4.78. The highest BCUT2D eigenvalue weighted by molar-refractivity contribution is 5.94. The van der Waals surface area contributed by atoms with E-state index >= 15 is 0 Å². The van der Waals surface area contributed by atoms with Crippen LogP contribution < -0.4 is 11.1 Å². The van der Waals surface area contributed by atoms with Crippen molar-refractivity contribution in [2.45, 2.75) is 25.8 Å². The molecule has 0 aliphatic carbocycles. The second-order valence-corrected chi connectivity index (χ2v) is 4.78. The van der Waals surface area contributed by atoms with Crippen molar-refractivity contribution in [1.82, 2.24) is 25.2 Å². The van der Waals surface area contributed by atoms with Gasteiger partial charge in [0.15, 0.2) is 5.69 Å². The van der Waals surface area contributed by atoms with Gasteiger partial charge in [-0.2, -0.15) is 0 Å². The Morgan fingerprint density at radius 1 is 1.30 bits per heavy atom. The maximum Gasteiger partial charge on any atom is 0.273 e. The standard InChI is InChI=1S/C12H20N6O2/c13-4-7-18-9-10(15-16-18)12(20)14-8-11(19)17-5-2-1-3-6-17/h9H,1-8,13H2,(H,14,20). The summed E-state index contributed by atoms with van der Waals surface area (Å²) < 4.78 is 1.50. The lowest BCUT2D eigenvalue weighted by atomic mass is 10.1. The summed E-state index contributed by atoms with van der Waals surface area (Å²) in [6, 6.07) is 0. The molecule has 110 valence electrons. The van der Waals surface area contributed by atoms with Crippen LogP contribution in [0.2, 0.25) is 0 Å². The van der Waals surface area contributed by atoms with Crippen molar-refractivity contribution in [2.75, 3.05) is 26.2 Å². The van der Waals surface area contributed by atoms with Gasteiger partial charge < -0.3 is 16.0 Å². The normalized spacial score (nSPS) is 15.2. The van der Waals surface area contributed by atoms with Gasteiger partial charge in [0, 0.05) is 19.6 Å². The number of rotatable bonds is 5. The number of hydrogen-bond acceptors (Lipinski definition) is 5. The Kier molecular flexibility index (Phi) is 5.05. The summed E-state index contributed by atoms with van der Waals surface area (Å²) in [5, 5.41) is 10.1. The Hall–Kier alpha value is -1.96. The van der Waals surface area contributed by atoms with E-state index < -0.39 is 5.91 Å². The van der Waals surface area contributed by atoms with Gasteiger partial charge >= 0.3 is 0 Å². The summed E-state index contributed by atoms with van der Waals surface area (Å²) in [7, 11) is 0. The molecule has 3 N–H and O–H groups in total. The number of aromatic nitrogens is 3. The van der Waals surface area contributed by atoms with Crippen molar-refractivity contribution in [3.05, 3.63) is 11.9 Å². The number of nitrogens with one attached hydrogen (secondary N) is 1. The highest BCUT2D eigenvalue weighted by Crippen LogP contribution is 2.08. The topological polar surface area (TPSA) is 106 Å². The van der Waals surface area contributed by atoms with Gasteiger partial charge in [0.2, 0.25) is 5.91 Å². The van der Waals surface area contributed by atoms with E-state index in [1.165, 1.54) is 17.3 Å². The molecule has 1 saturated heterocycles. The molecule has 20 heavy (non-hydrogen) atoms. The van der Waals surface area contributed by atoms with Crippen molar-refractivity contribution < 1.29 is 9.59 Å². The van der Waals surface area contributed by atoms with Crippen molar-refractivity contribution in [1.29, 1.82) is 0 Å². The fourth-order valence-electron chi connectivity index (χ4n) is 2.15. The number of piperidine rings is 1. The van der Waals surface area contributed by atoms with E-state index in [1.54, 1.807) is 4.90 Å². The van der Waals surface area contributed by atoms with E-state index in [2.05, 4.69) is 15.6 Å². The van der Waals surface area contributed by atoms with Crippen LogP contribution >= 0.6 is 0 Å². The average Bonchev–Trinajstić information content (AvgIpc) is 2.94. The largest absolute Gasteiger partial charge is 0.342 e. The van der Waals surface area contributed by atoms with Crippen molar-refractivity contribution >= 4 is 11.8 Å². The number of amides is 2. The predicted molar refractivity (Wildman–Crippen MR) is 71.8 cm³/mol. The molecule has 2 amide bonds. The summed E-state index contributed by atoms with van der Waals surface area (Å²) in [4.78, 5) is 25.5. The number of hydrogen-bond donors (Lipinski definition) is 2. The van der Waals surface area contributed by atoms with Crippen LogP contribution in [-0.4, -0.2) is 57.9 Å².